The van der Waals surface area contributed by atoms with Crippen LogP contribution in [0.4, 0.5) is 5.69 Å². The molecule has 0 spiro atoms. The van der Waals surface area contributed by atoms with E-state index in [0.717, 1.165) is 40.6 Å². The van der Waals surface area contributed by atoms with Gasteiger partial charge in [-0.15, -0.1) is 0 Å². The average Bonchev–Trinajstić information content (AvgIpc) is 3.11. The summed E-state index contributed by atoms with van der Waals surface area (Å²) in [5.41, 5.74) is 5.30. The third-order valence-corrected chi connectivity index (χ3v) is 6.21. The van der Waals surface area contributed by atoms with Gasteiger partial charge >= 0.3 is 0 Å². The number of methoxy groups -OCH3 is 2. The minimum Gasteiger partial charge on any atom is -0.493 e. The topological polar surface area (TPSA) is 60.3 Å². The van der Waals surface area contributed by atoms with E-state index in [1.165, 1.54) is 16.3 Å². The Labute approximate surface area is 205 Å². The van der Waals surface area contributed by atoms with Crippen LogP contribution in [0.15, 0.2) is 60.7 Å². The van der Waals surface area contributed by atoms with Crippen LogP contribution in [0.1, 0.15) is 22.5 Å². The van der Waals surface area contributed by atoms with Gasteiger partial charge in [0, 0.05) is 6.54 Å². The van der Waals surface area contributed by atoms with Crippen molar-refractivity contribution in [2.75, 3.05) is 26.1 Å². The maximum atomic E-state index is 5.56. The highest BCUT2D eigenvalue weighted by Crippen LogP contribution is 2.28. The molecule has 0 atom stereocenters. The summed E-state index contributed by atoms with van der Waals surface area (Å²) in [6, 6.07) is 20.8. The van der Waals surface area contributed by atoms with Crippen LogP contribution in [0, 0.1) is 13.8 Å². The molecule has 4 aromatic rings. The van der Waals surface area contributed by atoms with E-state index in [2.05, 4.69) is 60.0 Å². The molecular weight excluding hydrogens is 444 g/mol. The number of ether oxygens (including phenoxy) is 2. The highest BCUT2D eigenvalue weighted by Gasteiger charge is 2.14. The second-order valence-electron chi connectivity index (χ2n) is 8.16. The molecule has 2 N–H and O–H groups in total. The van der Waals surface area contributed by atoms with Gasteiger partial charge in [-0.3, -0.25) is 4.68 Å². The Morgan fingerprint density at radius 1 is 0.971 bits per heavy atom. The zero-order valence-corrected chi connectivity index (χ0v) is 20.8. The summed E-state index contributed by atoms with van der Waals surface area (Å²) < 4.78 is 12.7. The lowest BCUT2D eigenvalue weighted by atomic mass is 10.0. The number of nitrogens with one attached hydrogen (secondary N) is 2. The number of aryl methyl sites for hydroxylation is 1. The first-order chi connectivity index (χ1) is 16.5. The Hall–Kier alpha value is -3.58. The van der Waals surface area contributed by atoms with Crippen LogP contribution in [-0.4, -0.2) is 35.7 Å². The van der Waals surface area contributed by atoms with Crippen molar-refractivity contribution in [2.24, 2.45) is 0 Å². The Morgan fingerprint density at radius 3 is 2.53 bits per heavy atom. The monoisotopic (exact) mass is 474 g/mol. The predicted molar refractivity (Wildman–Crippen MR) is 142 cm³/mol. The third-order valence-electron chi connectivity index (χ3n) is 5.97. The molecule has 1 aromatic heterocycles. The zero-order valence-electron chi connectivity index (χ0n) is 20.0. The molecule has 3 aromatic carbocycles. The molecule has 0 saturated heterocycles. The quantitative estimate of drug-likeness (QED) is 0.340. The lowest BCUT2D eigenvalue weighted by Gasteiger charge is -2.13. The van der Waals surface area contributed by atoms with Crippen LogP contribution in [0.2, 0.25) is 0 Å². The first-order valence-electron chi connectivity index (χ1n) is 11.3. The Kier molecular flexibility index (Phi) is 7.33. The minimum atomic E-state index is 0.580. The Morgan fingerprint density at radius 2 is 1.74 bits per heavy atom. The normalized spacial score (nSPS) is 10.8. The van der Waals surface area contributed by atoms with Gasteiger partial charge in [0.1, 0.15) is 0 Å². The van der Waals surface area contributed by atoms with Crippen LogP contribution in [0.25, 0.3) is 10.8 Å². The predicted octanol–water partition coefficient (Wildman–Crippen LogP) is 5.25. The van der Waals surface area contributed by atoms with Crippen molar-refractivity contribution in [3.05, 3.63) is 83.2 Å². The van der Waals surface area contributed by atoms with Gasteiger partial charge in [-0.05, 0) is 66.5 Å². The van der Waals surface area contributed by atoms with Crippen LogP contribution in [0.5, 0.6) is 11.5 Å². The summed E-state index contributed by atoms with van der Waals surface area (Å²) in [4.78, 5) is 0. The highest BCUT2D eigenvalue weighted by molar-refractivity contribution is 7.80. The summed E-state index contributed by atoms with van der Waals surface area (Å²) >= 11 is 5.56. The lowest BCUT2D eigenvalue weighted by Crippen LogP contribution is -2.30. The first-order valence-corrected chi connectivity index (χ1v) is 11.7. The van der Waals surface area contributed by atoms with E-state index in [0.29, 0.717) is 18.2 Å². The van der Waals surface area contributed by atoms with Crippen molar-refractivity contribution in [1.82, 2.24) is 15.1 Å². The smallest absolute Gasteiger partial charge is 0.170 e. The van der Waals surface area contributed by atoms with Crippen molar-refractivity contribution < 1.29 is 9.47 Å². The second kappa shape index (κ2) is 10.6. The highest BCUT2D eigenvalue weighted by atomic mass is 32.1. The molecule has 0 aliphatic carbocycles. The Balaban J connectivity index is 1.39. The third kappa shape index (κ3) is 5.15. The van der Waals surface area contributed by atoms with Gasteiger partial charge in [0.15, 0.2) is 16.6 Å². The van der Waals surface area contributed by atoms with Gasteiger partial charge in [-0.2, -0.15) is 5.10 Å². The number of thiocarbonyl (C=S) groups is 1. The van der Waals surface area contributed by atoms with Gasteiger partial charge in [0.2, 0.25) is 0 Å². The summed E-state index contributed by atoms with van der Waals surface area (Å²) in [5.74, 6) is 1.45. The number of nitrogens with zero attached hydrogens (tertiary/aromatic N) is 2. The van der Waals surface area contributed by atoms with E-state index >= 15 is 0 Å². The molecule has 0 aliphatic rings. The molecular formula is C27H30N4O2S. The molecule has 0 saturated carbocycles. The largest absolute Gasteiger partial charge is 0.493 e. The number of aromatic nitrogens is 2. The van der Waals surface area contributed by atoms with Crippen molar-refractivity contribution >= 4 is 33.8 Å². The first kappa shape index (κ1) is 23.6. The van der Waals surface area contributed by atoms with E-state index in [4.69, 9.17) is 26.8 Å². The van der Waals surface area contributed by atoms with Gasteiger partial charge in [0.05, 0.1) is 37.8 Å². The molecule has 6 nitrogen and oxygen atoms in total. The molecule has 0 bridgehead atoms. The average molecular weight is 475 g/mol. The maximum absolute atomic E-state index is 5.56. The van der Waals surface area contributed by atoms with E-state index in [1.807, 2.05) is 29.8 Å². The maximum Gasteiger partial charge on any atom is 0.170 e. The fourth-order valence-corrected chi connectivity index (χ4v) is 4.34. The van der Waals surface area contributed by atoms with Crippen LogP contribution in [0.3, 0.4) is 0 Å². The standard InChI is InChI=1S/C27H30N4O2S/c1-18-26(29-27(34)28-15-14-20-12-13-24(32-3)25(16-20)33-4)19(2)31(30-18)17-22-10-7-9-21-8-5-6-11-23(21)22/h5-13,16H,14-15,17H2,1-4H3,(H2,28,29,34). The summed E-state index contributed by atoms with van der Waals surface area (Å²) in [6.45, 7) is 5.47. The fourth-order valence-electron chi connectivity index (χ4n) is 4.14. The molecule has 7 heteroatoms. The number of hydrogen-bond donors (Lipinski definition) is 2. The molecule has 1 heterocycles. The van der Waals surface area contributed by atoms with Crippen molar-refractivity contribution in [2.45, 2.75) is 26.8 Å². The van der Waals surface area contributed by atoms with Crippen molar-refractivity contribution in [3.63, 3.8) is 0 Å². The summed E-state index contributed by atoms with van der Waals surface area (Å²) in [7, 11) is 3.28. The minimum absolute atomic E-state index is 0.580. The number of benzene rings is 3. The van der Waals surface area contributed by atoms with Gasteiger partial charge in [0.25, 0.3) is 0 Å². The zero-order chi connectivity index (χ0) is 24.1. The molecule has 4 rings (SSSR count). The SMILES string of the molecule is COc1ccc(CCNC(=S)Nc2c(C)nn(Cc3cccc4ccccc34)c2C)cc1OC. The molecule has 176 valence electrons. The fraction of sp³-hybridized carbons (Fsp3) is 0.259. The van der Waals surface area contributed by atoms with Crippen LogP contribution in [-0.2, 0) is 13.0 Å². The molecule has 0 radical (unpaired) electrons. The van der Waals surface area contributed by atoms with Gasteiger partial charge in [-0.25, -0.2) is 0 Å². The molecule has 0 amide bonds. The summed E-state index contributed by atoms with van der Waals surface area (Å²) in [5, 5.41) is 14.5. The van der Waals surface area contributed by atoms with E-state index in [1.54, 1.807) is 14.2 Å². The molecule has 0 unspecified atom stereocenters. The second-order valence-corrected chi connectivity index (χ2v) is 8.57. The summed E-state index contributed by atoms with van der Waals surface area (Å²) in [6.07, 6.45) is 0.806. The number of fused-ring (bicyclic) bond motifs is 1. The van der Waals surface area contributed by atoms with Crippen LogP contribution >= 0.6 is 12.2 Å². The van der Waals surface area contributed by atoms with Crippen molar-refractivity contribution in [3.8, 4) is 11.5 Å². The molecule has 34 heavy (non-hydrogen) atoms. The molecule has 0 aliphatic heterocycles. The lowest BCUT2D eigenvalue weighted by molar-refractivity contribution is 0.354. The van der Waals surface area contributed by atoms with Gasteiger partial charge in [-0.1, -0.05) is 48.5 Å². The van der Waals surface area contributed by atoms with E-state index < -0.39 is 0 Å². The van der Waals surface area contributed by atoms with Crippen molar-refractivity contribution in [1.29, 1.82) is 0 Å². The van der Waals surface area contributed by atoms with E-state index in [-0.39, 0.29) is 0 Å². The Bertz CT molecular complexity index is 1310. The number of rotatable bonds is 8. The van der Waals surface area contributed by atoms with Gasteiger partial charge < -0.3 is 20.1 Å². The molecule has 0 fully saturated rings. The number of hydrogen-bond acceptors (Lipinski definition) is 4. The number of anilines is 1. The van der Waals surface area contributed by atoms with Crippen LogP contribution < -0.4 is 20.1 Å². The van der Waals surface area contributed by atoms with E-state index in [9.17, 15) is 0 Å².